The summed E-state index contributed by atoms with van der Waals surface area (Å²) in [6.45, 7) is 1.81. The third-order valence-electron chi connectivity index (χ3n) is 6.52. The number of aromatic nitrogens is 2. The van der Waals surface area contributed by atoms with Crippen molar-refractivity contribution in [2.45, 2.75) is 4.90 Å². The van der Waals surface area contributed by atoms with Gasteiger partial charge in [-0.05, 0) is 47.2 Å². The van der Waals surface area contributed by atoms with E-state index in [1.807, 2.05) is 36.4 Å². The van der Waals surface area contributed by atoms with E-state index in [1.165, 1.54) is 18.2 Å². The van der Waals surface area contributed by atoms with Crippen molar-refractivity contribution in [2.24, 2.45) is 0 Å². The Kier molecular flexibility index (Phi) is 5.73. The molecular weight excluding hydrogens is 493 g/mol. The van der Waals surface area contributed by atoms with Gasteiger partial charge in [-0.25, -0.2) is 21.8 Å². The Labute approximate surface area is 212 Å². The van der Waals surface area contributed by atoms with Crippen LogP contribution < -0.4 is 0 Å². The molecule has 0 bridgehead atoms. The monoisotopic (exact) mass is 515 g/mol. The van der Waals surface area contributed by atoms with Crippen LogP contribution in [0.15, 0.2) is 89.8 Å². The number of amides is 1. The van der Waals surface area contributed by atoms with Gasteiger partial charge in [0.25, 0.3) is 15.9 Å². The quantitative estimate of drug-likeness (QED) is 0.347. The number of benzene rings is 4. The zero-order valence-corrected chi connectivity index (χ0v) is 20.5. The summed E-state index contributed by atoms with van der Waals surface area (Å²) in [5.41, 5.74) is 1.59. The molecule has 5 aromatic rings. The second-order valence-corrected chi connectivity index (χ2v) is 10.6. The molecule has 2 heterocycles. The van der Waals surface area contributed by atoms with Gasteiger partial charge >= 0.3 is 0 Å². The first-order valence-electron chi connectivity index (χ1n) is 11.8. The van der Waals surface area contributed by atoms with Crippen molar-refractivity contribution in [2.75, 3.05) is 26.3 Å². The minimum absolute atomic E-state index is 0.187. The minimum atomic E-state index is -4.29. The Balaban J connectivity index is 1.62. The van der Waals surface area contributed by atoms with Gasteiger partial charge in [-0.15, -0.1) is 0 Å². The number of carbonyl (C=O) groups excluding carboxylic acids is 1. The Morgan fingerprint density at radius 2 is 1.65 bits per heavy atom. The molecule has 9 heteroatoms. The van der Waals surface area contributed by atoms with Crippen LogP contribution in [0.2, 0.25) is 0 Å². The molecule has 1 aliphatic rings. The zero-order chi connectivity index (χ0) is 25.6. The lowest BCUT2D eigenvalue weighted by Gasteiger charge is -2.26. The van der Waals surface area contributed by atoms with Gasteiger partial charge in [0.05, 0.1) is 29.1 Å². The smallest absolute Gasteiger partial charge is 0.270 e. The van der Waals surface area contributed by atoms with Crippen LogP contribution in [-0.2, 0) is 14.8 Å². The van der Waals surface area contributed by atoms with E-state index < -0.39 is 15.8 Å². The summed E-state index contributed by atoms with van der Waals surface area (Å²) in [5.74, 6) is -0.694. The molecule has 37 heavy (non-hydrogen) atoms. The number of carbonyl (C=O) groups is 1. The second kappa shape index (κ2) is 9.10. The Bertz CT molecular complexity index is 1770. The third-order valence-corrected chi connectivity index (χ3v) is 8.22. The van der Waals surface area contributed by atoms with Gasteiger partial charge in [-0.2, -0.15) is 0 Å². The van der Waals surface area contributed by atoms with Crippen molar-refractivity contribution >= 4 is 37.7 Å². The lowest BCUT2D eigenvalue weighted by molar-refractivity contribution is 0.0303. The van der Waals surface area contributed by atoms with E-state index in [1.54, 1.807) is 29.2 Å². The van der Waals surface area contributed by atoms with E-state index in [4.69, 9.17) is 9.72 Å². The van der Waals surface area contributed by atoms with Gasteiger partial charge in [-0.3, -0.25) is 4.79 Å². The van der Waals surface area contributed by atoms with Gasteiger partial charge < -0.3 is 9.64 Å². The lowest BCUT2D eigenvalue weighted by atomic mass is 10.0. The van der Waals surface area contributed by atoms with E-state index in [0.29, 0.717) is 42.9 Å². The van der Waals surface area contributed by atoms with Gasteiger partial charge in [-0.1, -0.05) is 48.5 Å². The molecule has 0 unspecified atom stereocenters. The van der Waals surface area contributed by atoms with Gasteiger partial charge in [0, 0.05) is 24.2 Å². The lowest BCUT2D eigenvalue weighted by Crippen LogP contribution is -2.40. The molecule has 1 fully saturated rings. The normalized spacial score (nSPS) is 14.4. The summed E-state index contributed by atoms with van der Waals surface area (Å²) in [6, 6.07) is 22.9. The number of nitrogens with zero attached hydrogens (tertiary/aromatic N) is 3. The van der Waals surface area contributed by atoms with Crippen molar-refractivity contribution in [3.8, 4) is 11.4 Å². The summed E-state index contributed by atoms with van der Waals surface area (Å²) in [4.78, 5) is 19.4. The molecule has 4 aromatic carbocycles. The first-order chi connectivity index (χ1) is 17.9. The topological polar surface area (TPSA) is 81.5 Å². The van der Waals surface area contributed by atoms with Crippen LogP contribution >= 0.6 is 0 Å². The first kappa shape index (κ1) is 23.3. The second-order valence-electron chi connectivity index (χ2n) is 8.80. The third kappa shape index (κ3) is 4.06. The van der Waals surface area contributed by atoms with Crippen LogP contribution in [0.3, 0.4) is 0 Å². The highest BCUT2D eigenvalue weighted by molar-refractivity contribution is 7.90. The molecule has 6 rings (SSSR count). The summed E-state index contributed by atoms with van der Waals surface area (Å²) < 4.78 is 48.6. The largest absolute Gasteiger partial charge is 0.378 e. The molecule has 1 aliphatic heterocycles. The SMILES string of the molecule is O=C(c1ccc2nc(-c3cccc4ccccc34)n(S(=O)(=O)c3cccc(F)c3)c2c1)N1CCOCC1. The number of halogens is 1. The van der Waals surface area contributed by atoms with Crippen molar-refractivity contribution in [3.63, 3.8) is 0 Å². The number of rotatable bonds is 4. The van der Waals surface area contributed by atoms with Crippen molar-refractivity contribution < 1.29 is 22.3 Å². The predicted molar refractivity (Wildman–Crippen MR) is 138 cm³/mol. The maximum atomic E-state index is 14.1. The van der Waals surface area contributed by atoms with Gasteiger partial charge in [0.1, 0.15) is 5.82 Å². The summed E-state index contributed by atoms with van der Waals surface area (Å²) in [6.07, 6.45) is 0. The molecule has 0 N–H and O–H groups in total. The maximum absolute atomic E-state index is 14.1. The molecule has 186 valence electrons. The molecule has 0 spiro atoms. The van der Waals surface area contributed by atoms with Crippen molar-refractivity contribution in [1.29, 1.82) is 0 Å². The molecular formula is C28H22FN3O4S. The van der Waals surface area contributed by atoms with Crippen LogP contribution in [0.25, 0.3) is 33.2 Å². The number of fused-ring (bicyclic) bond motifs is 2. The highest BCUT2D eigenvalue weighted by Gasteiger charge is 2.28. The Morgan fingerprint density at radius 3 is 2.46 bits per heavy atom. The fourth-order valence-electron chi connectivity index (χ4n) is 4.70. The first-order valence-corrected chi connectivity index (χ1v) is 13.3. The van der Waals surface area contributed by atoms with Gasteiger partial charge in [0.15, 0.2) is 5.82 Å². The Hall–Kier alpha value is -4.08. The molecule has 1 aromatic heterocycles. The van der Waals surface area contributed by atoms with Crippen molar-refractivity contribution in [1.82, 2.24) is 13.9 Å². The van der Waals surface area contributed by atoms with E-state index >= 15 is 0 Å². The highest BCUT2D eigenvalue weighted by Crippen LogP contribution is 2.34. The fraction of sp³-hybridized carbons (Fsp3) is 0.143. The molecule has 0 aliphatic carbocycles. The number of hydrogen-bond donors (Lipinski definition) is 0. The molecule has 1 amide bonds. The average Bonchev–Trinajstić information content (AvgIpc) is 3.32. The van der Waals surface area contributed by atoms with Crippen LogP contribution in [0.4, 0.5) is 4.39 Å². The van der Waals surface area contributed by atoms with Crippen LogP contribution in [-0.4, -0.2) is 54.5 Å². The van der Waals surface area contributed by atoms with Gasteiger partial charge in [0.2, 0.25) is 0 Å². The summed E-state index contributed by atoms with van der Waals surface area (Å²) in [5, 5.41) is 1.74. The maximum Gasteiger partial charge on any atom is 0.270 e. The molecule has 0 radical (unpaired) electrons. The fourth-order valence-corrected chi connectivity index (χ4v) is 6.20. The molecule has 0 atom stereocenters. The van der Waals surface area contributed by atoms with Crippen LogP contribution in [0.1, 0.15) is 10.4 Å². The minimum Gasteiger partial charge on any atom is -0.378 e. The number of imidazole rings is 1. The van der Waals surface area contributed by atoms with Crippen LogP contribution in [0.5, 0.6) is 0 Å². The zero-order valence-electron chi connectivity index (χ0n) is 19.7. The predicted octanol–water partition coefficient (Wildman–Crippen LogP) is 4.71. The molecule has 7 nitrogen and oxygen atoms in total. The van der Waals surface area contributed by atoms with E-state index in [2.05, 4.69) is 0 Å². The highest BCUT2D eigenvalue weighted by atomic mass is 32.2. The van der Waals surface area contributed by atoms with E-state index in [9.17, 15) is 17.6 Å². The average molecular weight is 516 g/mol. The van der Waals surface area contributed by atoms with Crippen molar-refractivity contribution in [3.05, 3.63) is 96.3 Å². The number of morpholine rings is 1. The summed E-state index contributed by atoms with van der Waals surface area (Å²) in [7, 11) is -4.29. The summed E-state index contributed by atoms with van der Waals surface area (Å²) >= 11 is 0. The molecule has 0 saturated carbocycles. The van der Waals surface area contributed by atoms with E-state index in [0.717, 1.165) is 20.8 Å². The number of ether oxygens (including phenoxy) is 1. The standard InChI is InChI=1S/C28H22FN3O4S/c29-21-7-4-8-22(18-21)37(34,35)32-26-17-20(28(33)31-13-15-36-16-14-31)11-12-25(26)30-27(32)24-10-3-6-19-5-1-2-9-23(19)24/h1-12,17-18H,13-16H2. The molecule has 1 saturated heterocycles. The number of hydrogen-bond acceptors (Lipinski definition) is 5. The van der Waals surface area contributed by atoms with Crippen LogP contribution in [0, 0.1) is 5.82 Å². The Morgan fingerprint density at radius 1 is 0.892 bits per heavy atom. The van der Waals surface area contributed by atoms with E-state index in [-0.39, 0.29) is 22.1 Å².